The van der Waals surface area contributed by atoms with Crippen molar-refractivity contribution in [3.8, 4) is 0 Å². The predicted octanol–water partition coefficient (Wildman–Crippen LogP) is 4.07. The summed E-state index contributed by atoms with van der Waals surface area (Å²) in [4.78, 5) is 29.7. The SMILES string of the molecule is O=C(CSCc1cc(=O)n2nc(C3CCCCC3)sc2n1)Nc1ccccc1. The highest BCUT2D eigenvalue weighted by Crippen LogP contribution is 2.34. The number of fused-ring (bicyclic) bond motifs is 1. The van der Waals surface area contributed by atoms with Crippen LogP contribution in [0.2, 0.25) is 0 Å². The maximum Gasteiger partial charge on any atom is 0.275 e. The number of rotatable bonds is 6. The fourth-order valence-electron chi connectivity index (χ4n) is 3.43. The molecule has 0 atom stereocenters. The number of hydrogen-bond acceptors (Lipinski definition) is 6. The first-order valence-electron chi connectivity index (χ1n) is 9.51. The van der Waals surface area contributed by atoms with Crippen LogP contribution in [0.3, 0.4) is 0 Å². The van der Waals surface area contributed by atoms with Crippen LogP contribution in [0.1, 0.15) is 48.7 Å². The summed E-state index contributed by atoms with van der Waals surface area (Å²) in [6.07, 6.45) is 6.05. The summed E-state index contributed by atoms with van der Waals surface area (Å²) in [5.74, 6) is 1.22. The summed E-state index contributed by atoms with van der Waals surface area (Å²) in [5.41, 5.74) is 1.33. The Bertz CT molecular complexity index is 1010. The van der Waals surface area contributed by atoms with Gasteiger partial charge in [0.2, 0.25) is 10.9 Å². The van der Waals surface area contributed by atoms with E-state index in [1.54, 1.807) is 0 Å². The monoisotopic (exact) mass is 414 g/mol. The molecule has 1 amide bonds. The second-order valence-electron chi connectivity index (χ2n) is 6.96. The molecule has 3 aromatic rings. The van der Waals surface area contributed by atoms with Crippen molar-refractivity contribution >= 4 is 39.7 Å². The lowest BCUT2D eigenvalue weighted by atomic mass is 9.90. The number of anilines is 1. The Morgan fingerprint density at radius 2 is 2.00 bits per heavy atom. The van der Waals surface area contributed by atoms with E-state index in [1.165, 1.54) is 52.9 Å². The van der Waals surface area contributed by atoms with Gasteiger partial charge < -0.3 is 5.32 Å². The quantitative estimate of drug-likeness (QED) is 0.658. The van der Waals surface area contributed by atoms with E-state index in [2.05, 4.69) is 15.4 Å². The minimum atomic E-state index is -0.146. The van der Waals surface area contributed by atoms with Crippen molar-refractivity contribution in [2.75, 3.05) is 11.1 Å². The van der Waals surface area contributed by atoms with Gasteiger partial charge >= 0.3 is 0 Å². The second-order valence-corrected chi connectivity index (χ2v) is 8.94. The fraction of sp³-hybridized carbons (Fsp3) is 0.400. The predicted molar refractivity (Wildman–Crippen MR) is 114 cm³/mol. The van der Waals surface area contributed by atoms with Crippen LogP contribution in [0, 0.1) is 0 Å². The Hall–Kier alpha value is -2.19. The molecule has 1 aliphatic rings. The fourth-order valence-corrected chi connectivity index (χ4v) is 5.24. The van der Waals surface area contributed by atoms with Gasteiger partial charge in [0.25, 0.3) is 5.56 Å². The maximum absolute atomic E-state index is 12.4. The van der Waals surface area contributed by atoms with Crippen molar-refractivity contribution < 1.29 is 4.79 Å². The van der Waals surface area contributed by atoms with Crippen LogP contribution < -0.4 is 10.9 Å². The number of amides is 1. The zero-order valence-corrected chi connectivity index (χ0v) is 17.1. The normalized spacial score (nSPS) is 15.0. The summed E-state index contributed by atoms with van der Waals surface area (Å²) in [6, 6.07) is 10.9. The number of para-hydroxylation sites is 1. The molecule has 28 heavy (non-hydrogen) atoms. The summed E-state index contributed by atoms with van der Waals surface area (Å²) in [5, 5.41) is 8.40. The third-order valence-corrected chi connectivity index (χ3v) is 6.85. The van der Waals surface area contributed by atoms with E-state index in [9.17, 15) is 9.59 Å². The van der Waals surface area contributed by atoms with Gasteiger partial charge in [0.1, 0.15) is 5.01 Å². The molecule has 1 N–H and O–H groups in total. The average molecular weight is 415 g/mol. The van der Waals surface area contributed by atoms with E-state index >= 15 is 0 Å². The van der Waals surface area contributed by atoms with E-state index < -0.39 is 0 Å². The Kier molecular flexibility index (Phi) is 6.07. The van der Waals surface area contributed by atoms with Gasteiger partial charge in [-0.2, -0.15) is 9.61 Å². The third-order valence-electron chi connectivity index (χ3n) is 4.81. The van der Waals surface area contributed by atoms with Crippen molar-refractivity contribution in [2.24, 2.45) is 0 Å². The van der Waals surface area contributed by atoms with Crippen LogP contribution in [0.25, 0.3) is 4.96 Å². The molecule has 2 aromatic heterocycles. The molecule has 0 unspecified atom stereocenters. The number of benzene rings is 1. The highest BCUT2D eigenvalue weighted by Gasteiger charge is 2.20. The molecule has 0 aliphatic heterocycles. The number of nitrogens with zero attached hydrogens (tertiary/aromatic N) is 3. The molecule has 0 radical (unpaired) electrons. The molecule has 0 spiro atoms. The van der Waals surface area contributed by atoms with Crippen molar-refractivity contribution in [1.29, 1.82) is 0 Å². The second kappa shape index (κ2) is 8.87. The molecule has 2 heterocycles. The van der Waals surface area contributed by atoms with E-state index in [4.69, 9.17) is 0 Å². The topological polar surface area (TPSA) is 76.4 Å². The van der Waals surface area contributed by atoms with Crippen LogP contribution in [-0.4, -0.2) is 26.3 Å². The van der Waals surface area contributed by atoms with Gasteiger partial charge in [0.15, 0.2) is 0 Å². The van der Waals surface area contributed by atoms with Crippen molar-refractivity contribution in [3.63, 3.8) is 0 Å². The van der Waals surface area contributed by atoms with Gasteiger partial charge in [-0.1, -0.05) is 48.8 Å². The minimum absolute atomic E-state index is 0.0635. The van der Waals surface area contributed by atoms with Gasteiger partial charge in [-0.25, -0.2) is 4.98 Å². The molecule has 0 saturated heterocycles. The molecular weight excluding hydrogens is 392 g/mol. The van der Waals surface area contributed by atoms with E-state index in [-0.39, 0.29) is 11.5 Å². The molecule has 1 saturated carbocycles. The molecule has 1 fully saturated rings. The lowest BCUT2D eigenvalue weighted by Gasteiger charge is -2.18. The molecule has 4 rings (SSSR count). The van der Waals surface area contributed by atoms with Crippen molar-refractivity contribution in [1.82, 2.24) is 14.6 Å². The van der Waals surface area contributed by atoms with Gasteiger partial charge in [-0.3, -0.25) is 9.59 Å². The summed E-state index contributed by atoms with van der Waals surface area (Å²) in [6.45, 7) is 0. The maximum atomic E-state index is 12.4. The number of nitrogens with one attached hydrogen (secondary N) is 1. The Morgan fingerprint density at radius 3 is 2.79 bits per heavy atom. The number of carbonyl (C=O) groups is 1. The van der Waals surface area contributed by atoms with E-state index in [0.717, 1.165) is 23.5 Å². The molecule has 1 aromatic carbocycles. The standard InChI is InChI=1S/C20H22N4O2S2/c25-17(21-15-9-5-2-6-10-15)13-27-12-16-11-18(26)24-20(22-16)28-19(23-24)14-7-3-1-4-8-14/h2,5-6,9-11,14H,1,3-4,7-8,12-13H2,(H,21,25). The van der Waals surface area contributed by atoms with Gasteiger partial charge in [0, 0.05) is 23.4 Å². The van der Waals surface area contributed by atoms with Gasteiger partial charge in [-0.05, 0) is 25.0 Å². The largest absolute Gasteiger partial charge is 0.325 e. The number of carbonyl (C=O) groups excluding carboxylic acids is 1. The third kappa shape index (κ3) is 4.62. The first kappa shape index (κ1) is 19.1. The van der Waals surface area contributed by atoms with Gasteiger partial charge in [0.05, 0.1) is 11.4 Å². The molecule has 1 aliphatic carbocycles. The average Bonchev–Trinajstić information content (AvgIpc) is 3.14. The zero-order chi connectivity index (χ0) is 19.3. The van der Waals surface area contributed by atoms with Gasteiger partial charge in [-0.15, -0.1) is 11.8 Å². The number of hydrogen-bond donors (Lipinski definition) is 1. The van der Waals surface area contributed by atoms with E-state index in [1.807, 2.05) is 30.3 Å². The first-order valence-corrected chi connectivity index (χ1v) is 11.5. The lowest BCUT2D eigenvalue weighted by Crippen LogP contribution is -2.16. The number of thioether (sulfide) groups is 1. The van der Waals surface area contributed by atoms with Crippen molar-refractivity contribution in [3.05, 3.63) is 57.5 Å². The molecule has 146 valence electrons. The molecule has 6 nitrogen and oxygen atoms in total. The first-order chi connectivity index (χ1) is 13.7. The highest BCUT2D eigenvalue weighted by atomic mass is 32.2. The van der Waals surface area contributed by atoms with Crippen molar-refractivity contribution in [2.45, 2.75) is 43.8 Å². The molecular formula is C20H22N4O2S2. The Balaban J connectivity index is 1.38. The van der Waals surface area contributed by atoms with Crippen LogP contribution in [-0.2, 0) is 10.5 Å². The Labute approximate surface area is 171 Å². The Morgan fingerprint density at radius 1 is 1.21 bits per heavy atom. The van der Waals surface area contributed by atoms with Crippen LogP contribution in [0.5, 0.6) is 0 Å². The summed E-state index contributed by atoms with van der Waals surface area (Å²) in [7, 11) is 0. The molecule has 0 bridgehead atoms. The van der Waals surface area contributed by atoms with E-state index in [0.29, 0.717) is 28.1 Å². The number of aromatic nitrogens is 3. The van der Waals surface area contributed by atoms with Crippen LogP contribution in [0.15, 0.2) is 41.2 Å². The lowest BCUT2D eigenvalue weighted by molar-refractivity contribution is -0.113. The molecule has 8 heteroatoms. The van der Waals surface area contributed by atoms with Crippen LogP contribution >= 0.6 is 23.1 Å². The smallest absolute Gasteiger partial charge is 0.275 e. The minimum Gasteiger partial charge on any atom is -0.325 e. The van der Waals surface area contributed by atoms with Crippen LogP contribution in [0.4, 0.5) is 5.69 Å². The summed E-state index contributed by atoms with van der Waals surface area (Å²) < 4.78 is 1.42. The highest BCUT2D eigenvalue weighted by molar-refractivity contribution is 7.99. The summed E-state index contributed by atoms with van der Waals surface area (Å²) >= 11 is 2.97. The zero-order valence-electron chi connectivity index (χ0n) is 15.5.